The van der Waals surface area contributed by atoms with Gasteiger partial charge >= 0.3 is 12.1 Å². The van der Waals surface area contributed by atoms with E-state index in [1.54, 1.807) is 24.3 Å². The molecule has 0 aromatic heterocycles. The quantitative estimate of drug-likeness (QED) is 0.487. The molecule has 0 radical (unpaired) electrons. The van der Waals surface area contributed by atoms with Crippen molar-refractivity contribution in [3.8, 4) is 16.9 Å². The molecule has 152 valence electrons. The van der Waals surface area contributed by atoms with Gasteiger partial charge < -0.3 is 20.5 Å². The molecule has 3 aromatic rings. The van der Waals surface area contributed by atoms with Crippen LogP contribution in [0.2, 0.25) is 0 Å². The molecule has 1 atom stereocenters. The summed E-state index contributed by atoms with van der Waals surface area (Å²) < 4.78 is 10.7. The normalized spacial score (nSPS) is 13.1. The Labute approximate surface area is 174 Å². The number of carbonyl (C=O) groups is 2. The van der Waals surface area contributed by atoms with Crippen molar-refractivity contribution in [1.29, 1.82) is 0 Å². The fourth-order valence-corrected chi connectivity index (χ4v) is 3.67. The Balaban J connectivity index is 1.39. The highest BCUT2D eigenvalue weighted by Crippen LogP contribution is 2.44. The third-order valence-corrected chi connectivity index (χ3v) is 5.12. The van der Waals surface area contributed by atoms with Crippen LogP contribution < -0.4 is 15.8 Å². The number of carbonyl (C=O) groups excluding carboxylic acids is 2. The minimum Gasteiger partial charge on any atom is -0.449 e. The van der Waals surface area contributed by atoms with Crippen molar-refractivity contribution in [2.45, 2.75) is 12.0 Å². The number of esters is 1. The van der Waals surface area contributed by atoms with Gasteiger partial charge in [0.15, 0.2) is 0 Å². The lowest BCUT2D eigenvalue weighted by molar-refractivity contribution is -0.136. The van der Waals surface area contributed by atoms with Gasteiger partial charge in [-0.2, -0.15) is 0 Å². The van der Waals surface area contributed by atoms with Crippen LogP contribution in [0, 0.1) is 0 Å². The maximum atomic E-state index is 12.4. The Hall–Kier alpha value is -3.64. The first-order valence-corrected chi connectivity index (χ1v) is 9.75. The van der Waals surface area contributed by atoms with Crippen LogP contribution >= 0.6 is 0 Å². The van der Waals surface area contributed by atoms with Gasteiger partial charge in [0.05, 0.1) is 0 Å². The van der Waals surface area contributed by atoms with E-state index in [0.29, 0.717) is 5.75 Å². The number of rotatable bonds is 6. The molecule has 0 saturated carbocycles. The van der Waals surface area contributed by atoms with Gasteiger partial charge in [-0.25, -0.2) is 9.59 Å². The fourth-order valence-electron chi connectivity index (χ4n) is 3.67. The minimum atomic E-state index is -0.999. The van der Waals surface area contributed by atoms with Gasteiger partial charge in [-0.05, 0) is 34.4 Å². The molecule has 1 amide bonds. The maximum absolute atomic E-state index is 12.4. The average Bonchev–Trinajstić information content (AvgIpc) is 3.10. The number of nitrogens with one attached hydrogen (secondary N) is 1. The molecule has 0 fully saturated rings. The summed E-state index contributed by atoms with van der Waals surface area (Å²) in [7, 11) is 0. The van der Waals surface area contributed by atoms with E-state index in [4.69, 9.17) is 15.2 Å². The van der Waals surface area contributed by atoms with Crippen LogP contribution in [0.1, 0.15) is 17.0 Å². The average molecular weight is 402 g/mol. The van der Waals surface area contributed by atoms with Crippen molar-refractivity contribution in [3.63, 3.8) is 0 Å². The van der Waals surface area contributed by atoms with Gasteiger partial charge in [0.2, 0.25) is 0 Å². The lowest BCUT2D eigenvalue weighted by atomic mass is 9.98. The molecule has 0 spiro atoms. The Morgan fingerprint density at radius 1 is 0.867 bits per heavy atom. The predicted molar refractivity (Wildman–Crippen MR) is 113 cm³/mol. The van der Waals surface area contributed by atoms with E-state index in [1.807, 2.05) is 42.5 Å². The van der Waals surface area contributed by atoms with Gasteiger partial charge in [0.25, 0.3) is 0 Å². The van der Waals surface area contributed by atoms with E-state index >= 15 is 0 Å². The highest BCUT2D eigenvalue weighted by Gasteiger charge is 2.29. The molecule has 0 heterocycles. The summed E-state index contributed by atoms with van der Waals surface area (Å²) in [6.45, 7) is 0.0563. The number of para-hydroxylation sites is 1. The van der Waals surface area contributed by atoms with Gasteiger partial charge in [-0.1, -0.05) is 66.7 Å². The van der Waals surface area contributed by atoms with Crippen LogP contribution in [0.15, 0.2) is 78.9 Å². The number of alkyl carbamates (subject to hydrolysis) is 1. The molecule has 3 aromatic carbocycles. The number of hydrogen-bond donors (Lipinski definition) is 2. The number of fused-ring (bicyclic) bond motifs is 3. The van der Waals surface area contributed by atoms with Crippen LogP contribution in [-0.2, 0) is 9.53 Å². The first-order valence-electron chi connectivity index (χ1n) is 9.75. The Bertz CT molecular complexity index is 1010. The molecule has 0 bridgehead atoms. The van der Waals surface area contributed by atoms with E-state index < -0.39 is 18.1 Å². The number of hydrogen-bond acceptors (Lipinski definition) is 5. The summed E-state index contributed by atoms with van der Waals surface area (Å²) >= 11 is 0. The minimum absolute atomic E-state index is 0.0595. The molecule has 1 aliphatic carbocycles. The zero-order valence-corrected chi connectivity index (χ0v) is 16.3. The Morgan fingerprint density at radius 2 is 1.43 bits per heavy atom. The summed E-state index contributed by atoms with van der Waals surface area (Å²) in [5.41, 5.74) is 10.2. The van der Waals surface area contributed by atoms with Crippen molar-refractivity contribution in [1.82, 2.24) is 5.32 Å². The SMILES string of the molecule is NCC(NC(=O)OCC1c2ccccc2-c2ccccc21)C(=O)Oc1ccccc1. The van der Waals surface area contributed by atoms with Crippen molar-refractivity contribution in [3.05, 3.63) is 90.0 Å². The molecular weight excluding hydrogens is 380 g/mol. The van der Waals surface area contributed by atoms with E-state index in [9.17, 15) is 9.59 Å². The molecule has 6 nitrogen and oxygen atoms in total. The summed E-state index contributed by atoms with van der Waals surface area (Å²) in [4.78, 5) is 24.6. The first-order chi connectivity index (χ1) is 14.7. The summed E-state index contributed by atoms with van der Waals surface area (Å²) in [5.74, 6) is -0.316. The van der Waals surface area contributed by atoms with Crippen molar-refractivity contribution in [2.75, 3.05) is 13.2 Å². The largest absolute Gasteiger partial charge is 0.449 e. The van der Waals surface area contributed by atoms with Crippen LogP contribution in [0.4, 0.5) is 4.79 Å². The molecule has 0 saturated heterocycles. The lowest BCUT2D eigenvalue weighted by Crippen LogP contribution is -2.48. The van der Waals surface area contributed by atoms with Crippen molar-refractivity contribution >= 4 is 12.1 Å². The molecule has 1 unspecified atom stereocenters. The molecular formula is C24H22N2O4. The molecule has 4 rings (SSSR count). The second-order valence-electron chi connectivity index (χ2n) is 6.99. The number of benzene rings is 3. The van der Waals surface area contributed by atoms with Crippen LogP contribution in [0.25, 0.3) is 11.1 Å². The van der Waals surface area contributed by atoms with Gasteiger partial charge in [-0.3, -0.25) is 0 Å². The highest BCUT2D eigenvalue weighted by atomic mass is 16.6. The summed E-state index contributed by atoms with van der Waals surface area (Å²) in [5, 5.41) is 2.50. The van der Waals surface area contributed by atoms with E-state index in [0.717, 1.165) is 22.3 Å². The standard InChI is InChI=1S/C24H22N2O4/c25-14-22(23(27)30-16-8-2-1-3-9-16)26-24(28)29-15-21-19-12-6-4-10-17(19)18-11-5-7-13-20(18)21/h1-13,21-22H,14-15,25H2,(H,26,28). The fraction of sp³-hybridized carbons (Fsp3) is 0.167. The summed E-state index contributed by atoms with van der Waals surface area (Å²) in [6.07, 6.45) is -0.711. The van der Waals surface area contributed by atoms with E-state index in [2.05, 4.69) is 17.4 Å². The number of nitrogens with two attached hydrogens (primary N) is 1. The van der Waals surface area contributed by atoms with Crippen LogP contribution in [0.5, 0.6) is 5.75 Å². The maximum Gasteiger partial charge on any atom is 0.407 e. The van der Waals surface area contributed by atoms with Crippen molar-refractivity contribution < 1.29 is 19.1 Å². The zero-order chi connectivity index (χ0) is 20.9. The first kappa shape index (κ1) is 19.7. The number of amides is 1. The summed E-state index contributed by atoms with van der Waals surface area (Å²) in [6, 6.07) is 23.8. The monoisotopic (exact) mass is 402 g/mol. The topological polar surface area (TPSA) is 90.6 Å². The Morgan fingerprint density at radius 3 is 2.03 bits per heavy atom. The third-order valence-electron chi connectivity index (χ3n) is 5.12. The second-order valence-corrected chi connectivity index (χ2v) is 6.99. The van der Waals surface area contributed by atoms with Gasteiger partial charge in [0, 0.05) is 12.5 Å². The highest BCUT2D eigenvalue weighted by molar-refractivity contribution is 5.83. The predicted octanol–water partition coefficient (Wildman–Crippen LogP) is 3.46. The van der Waals surface area contributed by atoms with Gasteiger partial charge in [-0.15, -0.1) is 0 Å². The molecule has 6 heteroatoms. The Kier molecular flexibility index (Phi) is 5.77. The number of ether oxygens (including phenoxy) is 2. The lowest BCUT2D eigenvalue weighted by Gasteiger charge is -2.18. The van der Waals surface area contributed by atoms with E-state index in [1.165, 1.54) is 0 Å². The van der Waals surface area contributed by atoms with Gasteiger partial charge in [0.1, 0.15) is 18.4 Å². The molecule has 30 heavy (non-hydrogen) atoms. The van der Waals surface area contributed by atoms with E-state index in [-0.39, 0.29) is 19.1 Å². The van der Waals surface area contributed by atoms with Crippen LogP contribution in [0.3, 0.4) is 0 Å². The smallest absolute Gasteiger partial charge is 0.407 e. The zero-order valence-electron chi connectivity index (χ0n) is 16.3. The van der Waals surface area contributed by atoms with Crippen molar-refractivity contribution in [2.24, 2.45) is 5.73 Å². The molecule has 1 aliphatic rings. The molecule has 3 N–H and O–H groups in total. The second kappa shape index (κ2) is 8.80. The third kappa shape index (κ3) is 4.04. The molecule has 0 aliphatic heterocycles. The van der Waals surface area contributed by atoms with Crippen LogP contribution in [-0.4, -0.2) is 31.3 Å².